The zero-order chi connectivity index (χ0) is 19.8. The fourth-order valence-corrected chi connectivity index (χ4v) is 2.60. The largest absolute Gasteiger partial charge is 0.508 e. The van der Waals surface area contributed by atoms with Crippen molar-refractivity contribution in [3.63, 3.8) is 0 Å². The minimum absolute atomic E-state index is 0.0544. The quantitative estimate of drug-likeness (QED) is 0.436. The summed E-state index contributed by atoms with van der Waals surface area (Å²) in [4.78, 5) is 12.0. The highest BCUT2D eigenvalue weighted by molar-refractivity contribution is 5.85. The number of carbonyl (C=O) groups is 1. The van der Waals surface area contributed by atoms with Crippen LogP contribution in [-0.2, 0) is 11.2 Å². The van der Waals surface area contributed by atoms with Gasteiger partial charge < -0.3 is 14.9 Å². The number of para-hydroxylation sites is 1. The van der Waals surface area contributed by atoms with Crippen LogP contribution < -0.4 is 10.2 Å². The maximum absolute atomic E-state index is 12.0. The molecule has 1 amide bonds. The molecule has 6 nitrogen and oxygen atoms in total. The summed E-state index contributed by atoms with van der Waals surface area (Å²) in [6.45, 7) is -0.190. The molecule has 0 spiro atoms. The van der Waals surface area contributed by atoms with Crippen molar-refractivity contribution in [3.05, 3.63) is 89.5 Å². The highest BCUT2D eigenvalue weighted by atomic mass is 16.5. The van der Waals surface area contributed by atoms with Crippen molar-refractivity contribution in [2.45, 2.75) is 6.42 Å². The summed E-state index contributed by atoms with van der Waals surface area (Å²) in [5, 5.41) is 22.7. The predicted molar refractivity (Wildman–Crippen MR) is 107 cm³/mol. The van der Waals surface area contributed by atoms with Gasteiger partial charge in [-0.1, -0.05) is 48.5 Å². The van der Waals surface area contributed by atoms with E-state index in [2.05, 4.69) is 10.5 Å². The number of hydrazone groups is 1. The van der Waals surface area contributed by atoms with E-state index in [4.69, 9.17) is 4.74 Å². The molecule has 0 bridgehead atoms. The van der Waals surface area contributed by atoms with E-state index in [9.17, 15) is 15.0 Å². The first kappa shape index (κ1) is 19.0. The number of phenols is 2. The van der Waals surface area contributed by atoms with Crippen LogP contribution in [0.15, 0.2) is 77.9 Å². The zero-order valence-electron chi connectivity index (χ0n) is 15.1. The van der Waals surface area contributed by atoms with Crippen LogP contribution >= 0.6 is 0 Å². The van der Waals surface area contributed by atoms with Crippen LogP contribution in [0.3, 0.4) is 0 Å². The lowest BCUT2D eigenvalue weighted by Crippen LogP contribution is -2.24. The molecular weight excluding hydrogens is 356 g/mol. The Morgan fingerprint density at radius 3 is 2.54 bits per heavy atom. The molecule has 0 aliphatic carbocycles. The van der Waals surface area contributed by atoms with Crippen molar-refractivity contribution in [2.75, 3.05) is 6.61 Å². The lowest BCUT2D eigenvalue weighted by atomic mass is 10.0. The molecule has 0 heterocycles. The molecule has 28 heavy (non-hydrogen) atoms. The number of phenolic OH excluding ortho intramolecular Hbond substituents is 2. The molecular formula is C22H20N2O4. The molecule has 3 N–H and O–H groups in total. The Kier molecular flexibility index (Phi) is 6.25. The lowest BCUT2D eigenvalue weighted by molar-refractivity contribution is -0.123. The van der Waals surface area contributed by atoms with Gasteiger partial charge >= 0.3 is 0 Å². The molecule has 0 fully saturated rings. The van der Waals surface area contributed by atoms with Crippen LogP contribution in [-0.4, -0.2) is 28.9 Å². The minimum Gasteiger partial charge on any atom is -0.508 e. The van der Waals surface area contributed by atoms with E-state index in [1.165, 1.54) is 24.4 Å². The van der Waals surface area contributed by atoms with E-state index in [-0.39, 0.29) is 18.1 Å². The summed E-state index contributed by atoms with van der Waals surface area (Å²) in [5.74, 6) is 0.0241. The first-order valence-corrected chi connectivity index (χ1v) is 8.70. The van der Waals surface area contributed by atoms with Gasteiger partial charge in [-0.3, -0.25) is 4.79 Å². The van der Waals surface area contributed by atoms with Crippen LogP contribution in [0.4, 0.5) is 0 Å². The van der Waals surface area contributed by atoms with E-state index in [0.29, 0.717) is 17.7 Å². The fraction of sp³-hybridized carbons (Fsp3) is 0.0909. The van der Waals surface area contributed by atoms with Gasteiger partial charge in [0.15, 0.2) is 6.61 Å². The molecule has 6 heteroatoms. The Labute approximate surface area is 162 Å². The number of aromatic hydroxyl groups is 2. The highest BCUT2D eigenvalue weighted by Crippen LogP contribution is 2.22. The number of hydrogen-bond acceptors (Lipinski definition) is 5. The fourth-order valence-electron chi connectivity index (χ4n) is 2.60. The second kappa shape index (κ2) is 9.23. The minimum atomic E-state index is -0.427. The Morgan fingerprint density at radius 2 is 1.75 bits per heavy atom. The third-order valence-corrected chi connectivity index (χ3v) is 3.98. The smallest absolute Gasteiger partial charge is 0.277 e. The first-order valence-electron chi connectivity index (χ1n) is 8.70. The molecule has 0 radical (unpaired) electrons. The summed E-state index contributed by atoms with van der Waals surface area (Å²) in [6, 6.07) is 21.7. The second-order valence-electron chi connectivity index (χ2n) is 6.10. The van der Waals surface area contributed by atoms with E-state index >= 15 is 0 Å². The van der Waals surface area contributed by atoms with E-state index in [1.807, 2.05) is 54.6 Å². The van der Waals surface area contributed by atoms with Gasteiger partial charge in [0.05, 0.1) is 6.21 Å². The third-order valence-electron chi connectivity index (χ3n) is 3.98. The summed E-state index contributed by atoms with van der Waals surface area (Å²) >= 11 is 0. The highest BCUT2D eigenvalue weighted by Gasteiger charge is 2.07. The second-order valence-corrected chi connectivity index (χ2v) is 6.10. The Bertz CT molecular complexity index is 971. The van der Waals surface area contributed by atoms with Crippen molar-refractivity contribution in [3.8, 4) is 17.2 Å². The van der Waals surface area contributed by atoms with Gasteiger partial charge in [0.25, 0.3) is 5.91 Å². The first-order chi connectivity index (χ1) is 13.6. The maximum Gasteiger partial charge on any atom is 0.277 e. The molecule has 0 aliphatic heterocycles. The lowest BCUT2D eigenvalue weighted by Gasteiger charge is -2.11. The van der Waals surface area contributed by atoms with E-state index in [0.717, 1.165) is 11.1 Å². The van der Waals surface area contributed by atoms with Crippen molar-refractivity contribution >= 4 is 12.1 Å². The van der Waals surface area contributed by atoms with Crippen LogP contribution in [0.1, 0.15) is 16.7 Å². The average Bonchev–Trinajstić information content (AvgIpc) is 2.70. The number of amides is 1. The number of nitrogens with one attached hydrogen (secondary N) is 1. The summed E-state index contributed by atoms with van der Waals surface area (Å²) in [6.07, 6.45) is 1.99. The van der Waals surface area contributed by atoms with Crippen molar-refractivity contribution in [1.29, 1.82) is 0 Å². The van der Waals surface area contributed by atoms with Gasteiger partial charge in [0.1, 0.15) is 17.2 Å². The van der Waals surface area contributed by atoms with Gasteiger partial charge in [-0.05, 0) is 29.3 Å². The number of benzene rings is 3. The maximum atomic E-state index is 12.0. The standard InChI is InChI=1S/C22H20N2O4/c25-19-11-10-18(20(26)13-19)14-23-24-22(27)15-28-21-9-5-4-8-17(21)12-16-6-2-1-3-7-16/h1-11,13-14,25-26H,12,15H2,(H,24,27)/b23-14+. The number of carbonyl (C=O) groups excluding carboxylic acids is 1. The van der Waals surface area contributed by atoms with Crippen LogP contribution in [0.5, 0.6) is 17.2 Å². The Balaban J connectivity index is 1.55. The number of rotatable bonds is 7. The van der Waals surface area contributed by atoms with Gasteiger partial charge in [0, 0.05) is 18.1 Å². The third kappa shape index (κ3) is 5.35. The molecule has 142 valence electrons. The Hall–Kier alpha value is -3.80. The van der Waals surface area contributed by atoms with Gasteiger partial charge in [-0.15, -0.1) is 0 Å². The van der Waals surface area contributed by atoms with Gasteiger partial charge in [-0.25, -0.2) is 5.43 Å². The number of hydrogen-bond donors (Lipinski definition) is 3. The van der Waals surface area contributed by atoms with E-state index in [1.54, 1.807) is 0 Å². The van der Waals surface area contributed by atoms with Crippen molar-refractivity contribution in [2.24, 2.45) is 5.10 Å². The topological polar surface area (TPSA) is 91.2 Å². The zero-order valence-corrected chi connectivity index (χ0v) is 15.1. The average molecular weight is 376 g/mol. The molecule has 0 aromatic heterocycles. The molecule has 3 aromatic carbocycles. The molecule has 0 atom stereocenters. The summed E-state index contributed by atoms with van der Waals surface area (Å²) in [5.41, 5.74) is 4.85. The SMILES string of the molecule is O=C(COc1ccccc1Cc1ccccc1)N/N=C/c1ccc(O)cc1O. The van der Waals surface area contributed by atoms with Crippen molar-refractivity contribution in [1.82, 2.24) is 5.43 Å². The van der Waals surface area contributed by atoms with E-state index < -0.39 is 5.91 Å². The molecule has 3 rings (SSSR count). The van der Waals surface area contributed by atoms with Gasteiger partial charge in [0.2, 0.25) is 0 Å². The number of ether oxygens (including phenoxy) is 1. The van der Waals surface area contributed by atoms with Crippen LogP contribution in [0, 0.1) is 0 Å². The van der Waals surface area contributed by atoms with Crippen LogP contribution in [0.2, 0.25) is 0 Å². The summed E-state index contributed by atoms with van der Waals surface area (Å²) in [7, 11) is 0. The molecule has 0 aliphatic rings. The Morgan fingerprint density at radius 1 is 1.00 bits per heavy atom. The molecule has 0 saturated heterocycles. The van der Waals surface area contributed by atoms with Crippen molar-refractivity contribution < 1.29 is 19.7 Å². The summed E-state index contributed by atoms with van der Waals surface area (Å²) < 4.78 is 5.64. The molecule has 0 unspecified atom stereocenters. The molecule has 0 saturated carbocycles. The predicted octanol–water partition coefficient (Wildman–Crippen LogP) is 3.22. The molecule has 3 aromatic rings. The monoisotopic (exact) mass is 376 g/mol. The normalized spacial score (nSPS) is 10.7. The number of nitrogens with zero attached hydrogens (tertiary/aromatic N) is 1. The van der Waals surface area contributed by atoms with Crippen LogP contribution in [0.25, 0.3) is 0 Å². The van der Waals surface area contributed by atoms with Gasteiger partial charge in [-0.2, -0.15) is 5.10 Å².